The molecule has 0 radical (unpaired) electrons. The average Bonchev–Trinajstić information content (AvgIpc) is 3.19. The quantitative estimate of drug-likeness (QED) is 0.256. The van der Waals surface area contributed by atoms with Crippen molar-refractivity contribution >= 4 is 18.0 Å². The summed E-state index contributed by atoms with van der Waals surface area (Å²) in [5.41, 5.74) is -1.94. The third kappa shape index (κ3) is 4.55. The molecule has 2 aliphatic heterocycles. The fraction of sp³-hybridized carbons (Fsp3) is 0.576. The molecule has 226 valence electrons. The van der Waals surface area contributed by atoms with Gasteiger partial charge < -0.3 is 19.3 Å². The van der Waals surface area contributed by atoms with E-state index >= 15 is 0 Å². The molecule has 42 heavy (non-hydrogen) atoms. The van der Waals surface area contributed by atoms with Crippen LogP contribution in [-0.2, 0) is 19.1 Å². The van der Waals surface area contributed by atoms with E-state index in [1.807, 2.05) is 0 Å². The summed E-state index contributed by atoms with van der Waals surface area (Å²) in [5.74, 6) is -0.871. The number of hydrogen-bond acceptors (Lipinski definition) is 4. The molecule has 1 amide bonds. The number of carbonyl (C=O) groups excluding carboxylic acids is 2. The highest BCUT2D eigenvalue weighted by atomic mass is 19.4. The highest BCUT2D eigenvalue weighted by Gasteiger charge is 2.75. The Morgan fingerprint density at radius 3 is 2.62 bits per heavy atom. The number of likely N-dealkylation sites (tertiary alicyclic amines) is 1. The number of ether oxygens (including phenoxy) is 2. The molecule has 1 aromatic carbocycles. The fourth-order valence-corrected chi connectivity index (χ4v) is 9.33. The lowest BCUT2D eigenvalue weighted by molar-refractivity contribution is -0.949. The van der Waals surface area contributed by atoms with Crippen LogP contribution in [0.4, 0.5) is 13.2 Å². The summed E-state index contributed by atoms with van der Waals surface area (Å²) < 4.78 is 56.5. The van der Waals surface area contributed by atoms with Gasteiger partial charge in [-0.3, -0.25) is 9.59 Å². The smallest absolute Gasteiger partial charge is 0.421 e. The number of alkyl halides is 3. The molecule has 1 spiro atoms. The topological polar surface area (TPSA) is 64.6 Å². The molecule has 3 aliphatic carbocycles. The van der Waals surface area contributed by atoms with Crippen molar-refractivity contribution in [2.24, 2.45) is 23.2 Å². The first-order chi connectivity index (χ1) is 19.8. The number of piperidine rings is 1. The number of halogens is 3. The van der Waals surface area contributed by atoms with Gasteiger partial charge in [0, 0.05) is 42.9 Å². The average molecular weight is 586 g/mol. The SMILES string of the molecule is CC(=O)OC1=C2C[C@@H]3[C@@H]4CCC[C@@H]5OC(NC(=O)C(=Cc6ccccc6)C(F)(F)F)(C=C1)C2[C@@]54CC[N+]3(C)CC(C)C. The molecule has 0 aromatic heterocycles. The van der Waals surface area contributed by atoms with E-state index in [1.54, 1.807) is 30.4 Å². The number of amides is 1. The molecule has 1 aromatic rings. The van der Waals surface area contributed by atoms with Gasteiger partial charge in [0.2, 0.25) is 0 Å². The molecule has 2 heterocycles. The Kier molecular flexibility index (Phi) is 7.00. The van der Waals surface area contributed by atoms with Crippen LogP contribution in [0.3, 0.4) is 0 Å². The van der Waals surface area contributed by atoms with Crippen LogP contribution in [0.2, 0.25) is 0 Å². The Morgan fingerprint density at radius 2 is 1.95 bits per heavy atom. The van der Waals surface area contributed by atoms with Crippen LogP contribution in [0.15, 0.2) is 59.4 Å². The molecular weight excluding hydrogens is 545 g/mol. The maximum Gasteiger partial charge on any atom is 0.421 e. The molecule has 6 rings (SSSR count). The standard InChI is InChI=1S/C33H39F3N2O4/c1-20(2)19-38(4)16-15-31-24-11-8-12-28(31)42-32(14-13-27(41-21(3)39)23(29(31)32)18-26(24)38)37-30(40)25(33(34,35)36)17-22-9-6-5-7-10-22/h5-7,9-10,13-14,17,20,24,26,28-29H,8,11-12,15-16,18-19H2,1-4H3/p+1/t24-,26+,28-,29?,31+,32?,38?/m0/s1. The largest absolute Gasteiger partial charge is 0.427 e. The summed E-state index contributed by atoms with van der Waals surface area (Å²) in [6, 6.07) is 8.30. The molecule has 3 unspecified atom stereocenters. The van der Waals surface area contributed by atoms with E-state index in [2.05, 4.69) is 26.2 Å². The first kappa shape index (κ1) is 29.2. The number of hydrogen-bond donors (Lipinski definition) is 1. The van der Waals surface area contributed by atoms with Crippen LogP contribution in [0.5, 0.6) is 0 Å². The molecule has 6 nitrogen and oxygen atoms in total. The van der Waals surface area contributed by atoms with E-state index in [9.17, 15) is 22.8 Å². The number of carbonyl (C=O) groups is 2. The number of nitrogens with zero attached hydrogens (tertiary/aromatic N) is 1. The van der Waals surface area contributed by atoms with Crippen molar-refractivity contribution in [3.63, 3.8) is 0 Å². The van der Waals surface area contributed by atoms with E-state index < -0.39 is 35.3 Å². The third-order valence-corrected chi connectivity index (χ3v) is 10.5. The maximum atomic E-state index is 14.3. The lowest BCUT2D eigenvalue weighted by Crippen LogP contribution is -2.72. The number of benzene rings is 1. The summed E-state index contributed by atoms with van der Waals surface area (Å²) in [4.78, 5) is 25.8. The number of rotatable bonds is 6. The Balaban J connectivity index is 1.46. The monoisotopic (exact) mass is 585 g/mol. The second kappa shape index (κ2) is 10.1. The predicted octanol–water partition coefficient (Wildman–Crippen LogP) is 5.91. The van der Waals surface area contributed by atoms with E-state index in [0.29, 0.717) is 18.1 Å². The zero-order valence-corrected chi connectivity index (χ0v) is 24.7. The van der Waals surface area contributed by atoms with E-state index in [1.165, 1.54) is 19.1 Å². The number of allylic oxidation sites excluding steroid dienone is 1. The lowest BCUT2D eigenvalue weighted by Gasteiger charge is -2.64. The Hall–Kier alpha value is -2.91. The van der Waals surface area contributed by atoms with Crippen LogP contribution >= 0.6 is 0 Å². The van der Waals surface area contributed by atoms with Crippen molar-refractivity contribution in [1.29, 1.82) is 0 Å². The van der Waals surface area contributed by atoms with Crippen LogP contribution in [0.1, 0.15) is 58.4 Å². The van der Waals surface area contributed by atoms with Gasteiger partial charge in [0.1, 0.15) is 11.3 Å². The zero-order valence-electron chi connectivity index (χ0n) is 24.7. The Morgan fingerprint density at radius 1 is 1.21 bits per heavy atom. The normalized spacial score (nSPS) is 37.0. The van der Waals surface area contributed by atoms with Crippen molar-refractivity contribution in [1.82, 2.24) is 5.32 Å². The van der Waals surface area contributed by atoms with Gasteiger partial charge in [0.05, 0.1) is 32.3 Å². The Bertz CT molecular complexity index is 1370. The van der Waals surface area contributed by atoms with Gasteiger partial charge in [-0.25, -0.2) is 0 Å². The first-order valence-corrected chi connectivity index (χ1v) is 15.1. The van der Waals surface area contributed by atoms with Crippen molar-refractivity contribution in [2.45, 2.75) is 76.9 Å². The minimum absolute atomic E-state index is 0.221. The van der Waals surface area contributed by atoms with Gasteiger partial charge in [-0.1, -0.05) is 50.6 Å². The van der Waals surface area contributed by atoms with Gasteiger partial charge >= 0.3 is 12.1 Å². The molecule has 5 aliphatic rings. The molecule has 2 saturated carbocycles. The zero-order chi connectivity index (χ0) is 30.1. The van der Waals surface area contributed by atoms with Gasteiger partial charge in [0.25, 0.3) is 5.91 Å². The van der Waals surface area contributed by atoms with Gasteiger partial charge in [-0.05, 0) is 42.2 Å². The second-order valence-corrected chi connectivity index (χ2v) is 13.5. The van der Waals surface area contributed by atoms with E-state index in [-0.39, 0.29) is 29.0 Å². The van der Waals surface area contributed by atoms with Crippen LogP contribution in [-0.4, -0.2) is 60.5 Å². The predicted molar refractivity (Wildman–Crippen MR) is 151 cm³/mol. The molecule has 4 fully saturated rings. The highest BCUT2D eigenvalue weighted by molar-refractivity contribution is 5.99. The lowest BCUT2D eigenvalue weighted by atomic mass is 9.46. The van der Waals surface area contributed by atoms with Crippen molar-refractivity contribution < 1.29 is 36.7 Å². The summed E-state index contributed by atoms with van der Waals surface area (Å²) in [5, 5.41) is 2.77. The van der Waals surface area contributed by atoms with Crippen LogP contribution in [0.25, 0.3) is 6.08 Å². The minimum Gasteiger partial charge on any atom is -0.427 e. The van der Waals surface area contributed by atoms with E-state index in [4.69, 9.17) is 9.47 Å². The molecule has 1 N–H and O–H groups in total. The summed E-state index contributed by atoms with van der Waals surface area (Å²) in [6.07, 6.45) is 3.28. The molecule has 9 heteroatoms. The fourth-order valence-electron chi connectivity index (χ4n) is 9.33. The van der Waals surface area contributed by atoms with Gasteiger partial charge in [-0.15, -0.1) is 0 Å². The van der Waals surface area contributed by atoms with Crippen LogP contribution in [0, 0.1) is 23.2 Å². The summed E-state index contributed by atoms with van der Waals surface area (Å²) in [7, 11) is 2.32. The van der Waals surface area contributed by atoms with Crippen molar-refractivity contribution in [3.8, 4) is 0 Å². The maximum absolute atomic E-state index is 14.3. The molecule has 7 atom stereocenters. The second-order valence-electron chi connectivity index (χ2n) is 13.5. The molecule has 2 bridgehead atoms. The van der Waals surface area contributed by atoms with Gasteiger partial charge in [0.15, 0.2) is 5.72 Å². The number of esters is 1. The van der Waals surface area contributed by atoms with E-state index in [0.717, 1.165) is 54.9 Å². The van der Waals surface area contributed by atoms with Crippen LogP contribution < -0.4 is 5.32 Å². The summed E-state index contributed by atoms with van der Waals surface area (Å²) >= 11 is 0. The first-order valence-electron chi connectivity index (χ1n) is 15.1. The Labute approximate surface area is 245 Å². The minimum atomic E-state index is -4.87. The highest BCUT2D eigenvalue weighted by Crippen LogP contribution is 2.70. The molecule has 2 saturated heterocycles. The third-order valence-electron chi connectivity index (χ3n) is 10.5. The number of quaternary nitrogens is 1. The molecular formula is C33H40F3N2O4+. The number of nitrogens with one attached hydrogen (secondary N) is 1. The summed E-state index contributed by atoms with van der Waals surface area (Å²) in [6.45, 7) is 7.77. The van der Waals surface area contributed by atoms with Gasteiger partial charge in [-0.2, -0.15) is 13.2 Å². The van der Waals surface area contributed by atoms with Crippen molar-refractivity contribution in [2.75, 3.05) is 20.1 Å². The van der Waals surface area contributed by atoms with Crippen molar-refractivity contribution in [3.05, 3.63) is 65.0 Å².